The standard InChI is InChI=1S/C19H22N6O2S/c1-23(2)17-8-9-18(22-21-17)24-11-13-25(14-12-24)28(26,27)16-7-3-5-15-6-4-10-20-19(15)16/h3-10H,11-14H2,1-2H3. The smallest absolute Gasteiger partial charge is 0.245 e. The molecule has 0 spiro atoms. The Morgan fingerprint density at radius 3 is 2.36 bits per heavy atom. The normalized spacial score (nSPS) is 15.7. The van der Waals surface area contributed by atoms with E-state index >= 15 is 0 Å². The molecule has 0 unspecified atom stereocenters. The van der Waals surface area contributed by atoms with Crippen LogP contribution >= 0.6 is 0 Å². The first-order valence-electron chi connectivity index (χ1n) is 9.07. The summed E-state index contributed by atoms with van der Waals surface area (Å²) >= 11 is 0. The van der Waals surface area contributed by atoms with Crippen LogP contribution in [-0.4, -0.2) is 68.2 Å². The summed E-state index contributed by atoms with van der Waals surface area (Å²) in [6.45, 7) is 1.91. The molecule has 4 rings (SSSR count). The summed E-state index contributed by atoms with van der Waals surface area (Å²) in [5.74, 6) is 1.54. The maximum atomic E-state index is 13.2. The molecule has 3 heterocycles. The molecule has 1 aliphatic heterocycles. The number of sulfonamides is 1. The lowest BCUT2D eigenvalue weighted by Crippen LogP contribution is -2.49. The van der Waals surface area contributed by atoms with Crippen LogP contribution in [0.1, 0.15) is 0 Å². The van der Waals surface area contributed by atoms with Gasteiger partial charge in [0.25, 0.3) is 0 Å². The molecule has 1 saturated heterocycles. The number of pyridine rings is 1. The van der Waals surface area contributed by atoms with Gasteiger partial charge >= 0.3 is 0 Å². The van der Waals surface area contributed by atoms with Crippen LogP contribution in [0.2, 0.25) is 0 Å². The average Bonchev–Trinajstić information content (AvgIpc) is 2.73. The highest BCUT2D eigenvalue weighted by Crippen LogP contribution is 2.25. The van der Waals surface area contributed by atoms with Gasteiger partial charge in [-0.1, -0.05) is 18.2 Å². The minimum Gasteiger partial charge on any atom is -0.361 e. The molecule has 28 heavy (non-hydrogen) atoms. The number of nitrogens with zero attached hydrogens (tertiary/aromatic N) is 6. The Bertz CT molecular complexity index is 1070. The summed E-state index contributed by atoms with van der Waals surface area (Å²) in [7, 11) is 0.214. The van der Waals surface area contributed by atoms with Gasteiger partial charge in [-0.05, 0) is 24.3 Å². The number of rotatable bonds is 4. The maximum Gasteiger partial charge on any atom is 0.245 e. The van der Waals surface area contributed by atoms with Crippen LogP contribution in [0, 0.1) is 0 Å². The van der Waals surface area contributed by atoms with Gasteiger partial charge in [-0.15, -0.1) is 10.2 Å². The third kappa shape index (κ3) is 3.38. The van der Waals surface area contributed by atoms with Gasteiger partial charge in [0.1, 0.15) is 4.90 Å². The SMILES string of the molecule is CN(C)c1ccc(N2CCN(S(=O)(=O)c3cccc4cccnc34)CC2)nn1. The molecular formula is C19H22N6O2S. The van der Waals surface area contributed by atoms with Crippen molar-refractivity contribution in [2.45, 2.75) is 4.90 Å². The van der Waals surface area contributed by atoms with Crippen molar-refractivity contribution < 1.29 is 8.42 Å². The lowest BCUT2D eigenvalue weighted by molar-refractivity contribution is 0.384. The second-order valence-corrected chi connectivity index (χ2v) is 8.77. The van der Waals surface area contributed by atoms with Gasteiger partial charge in [-0.3, -0.25) is 4.98 Å². The van der Waals surface area contributed by atoms with Crippen molar-refractivity contribution >= 4 is 32.6 Å². The molecule has 1 aliphatic rings. The zero-order valence-electron chi connectivity index (χ0n) is 15.9. The Kier molecular flexibility index (Phi) is 4.86. The van der Waals surface area contributed by atoms with Gasteiger partial charge in [-0.25, -0.2) is 8.42 Å². The van der Waals surface area contributed by atoms with Gasteiger partial charge in [0.2, 0.25) is 10.0 Å². The first-order chi connectivity index (χ1) is 13.5. The maximum absolute atomic E-state index is 13.2. The highest BCUT2D eigenvalue weighted by atomic mass is 32.2. The molecule has 0 atom stereocenters. The van der Waals surface area contributed by atoms with E-state index in [4.69, 9.17) is 0 Å². The van der Waals surface area contributed by atoms with Crippen LogP contribution in [0.15, 0.2) is 53.6 Å². The van der Waals surface area contributed by atoms with Crippen LogP contribution in [0.5, 0.6) is 0 Å². The number of fused-ring (bicyclic) bond motifs is 1. The van der Waals surface area contributed by atoms with E-state index in [0.717, 1.165) is 17.0 Å². The minimum atomic E-state index is -3.61. The monoisotopic (exact) mass is 398 g/mol. The molecule has 1 aromatic carbocycles. The van der Waals surface area contributed by atoms with Crippen LogP contribution in [-0.2, 0) is 10.0 Å². The van der Waals surface area contributed by atoms with E-state index in [1.807, 2.05) is 43.3 Å². The third-order valence-electron chi connectivity index (χ3n) is 4.87. The number of aromatic nitrogens is 3. The molecule has 3 aromatic rings. The van der Waals surface area contributed by atoms with Crippen molar-refractivity contribution in [1.82, 2.24) is 19.5 Å². The predicted octanol–water partition coefficient (Wildman–Crippen LogP) is 1.60. The van der Waals surface area contributed by atoms with Crippen molar-refractivity contribution in [3.8, 4) is 0 Å². The van der Waals surface area contributed by atoms with E-state index in [-0.39, 0.29) is 4.90 Å². The molecule has 2 aromatic heterocycles. The van der Waals surface area contributed by atoms with Gasteiger partial charge in [0.15, 0.2) is 11.6 Å². The molecule has 0 N–H and O–H groups in total. The zero-order chi connectivity index (χ0) is 19.7. The molecule has 0 amide bonds. The van der Waals surface area contributed by atoms with Crippen molar-refractivity contribution in [3.63, 3.8) is 0 Å². The minimum absolute atomic E-state index is 0.258. The third-order valence-corrected chi connectivity index (χ3v) is 6.80. The molecule has 1 fully saturated rings. The van der Waals surface area contributed by atoms with Crippen molar-refractivity contribution in [1.29, 1.82) is 0 Å². The van der Waals surface area contributed by atoms with E-state index in [0.29, 0.717) is 31.7 Å². The fourth-order valence-corrected chi connectivity index (χ4v) is 4.89. The highest BCUT2D eigenvalue weighted by Gasteiger charge is 2.30. The van der Waals surface area contributed by atoms with Crippen LogP contribution in [0.3, 0.4) is 0 Å². The molecular weight excluding hydrogens is 376 g/mol. The molecule has 0 saturated carbocycles. The number of benzene rings is 1. The summed E-state index contributed by atoms with van der Waals surface area (Å²) in [5, 5.41) is 9.28. The molecule has 9 heteroatoms. The summed E-state index contributed by atoms with van der Waals surface area (Å²) in [4.78, 5) is 8.49. The number of para-hydroxylation sites is 1. The zero-order valence-corrected chi connectivity index (χ0v) is 16.7. The lowest BCUT2D eigenvalue weighted by atomic mass is 10.2. The van der Waals surface area contributed by atoms with Crippen molar-refractivity contribution in [2.24, 2.45) is 0 Å². The van der Waals surface area contributed by atoms with Gasteiger partial charge in [-0.2, -0.15) is 4.31 Å². The second kappa shape index (κ2) is 7.33. The number of hydrogen-bond acceptors (Lipinski definition) is 7. The van der Waals surface area contributed by atoms with Gasteiger partial charge < -0.3 is 9.80 Å². The molecule has 0 aliphatic carbocycles. The second-order valence-electron chi connectivity index (χ2n) is 6.87. The quantitative estimate of drug-likeness (QED) is 0.660. The number of piperazine rings is 1. The number of hydrogen-bond donors (Lipinski definition) is 0. The van der Waals surface area contributed by atoms with E-state index < -0.39 is 10.0 Å². The largest absolute Gasteiger partial charge is 0.361 e. The van der Waals surface area contributed by atoms with Gasteiger partial charge in [0, 0.05) is 51.9 Å². The summed E-state index contributed by atoms with van der Waals surface area (Å²) in [5.41, 5.74) is 0.512. The predicted molar refractivity (Wildman–Crippen MR) is 109 cm³/mol. The first-order valence-corrected chi connectivity index (χ1v) is 10.5. The summed E-state index contributed by atoms with van der Waals surface area (Å²) in [6.07, 6.45) is 1.62. The Hall–Kier alpha value is -2.78. The molecule has 8 nitrogen and oxygen atoms in total. The fourth-order valence-electron chi connectivity index (χ4n) is 3.31. The first kappa shape index (κ1) is 18.6. The molecule has 146 valence electrons. The van der Waals surface area contributed by atoms with Gasteiger partial charge in [0.05, 0.1) is 5.52 Å². The van der Waals surface area contributed by atoms with E-state index in [1.165, 1.54) is 4.31 Å². The molecule has 0 radical (unpaired) electrons. The van der Waals surface area contributed by atoms with Crippen LogP contribution in [0.4, 0.5) is 11.6 Å². The summed E-state index contributed by atoms with van der Waals surface area (Å²) in [6, 6.07) is 12.8. The summed E-state index contributed by atoms with van der Waals surface area (Å²) < 4.78 is 27.9. The molecule has 0 bridgehead atoms. The topological polar surface area (TPSA) is 82.5 Å². The lowest BCUT2D eigenvalue weighted by Gasteiger charge is -2.34. The highest BCUT2D eigenvalue weighted by molar-refractivity contribution is 7.89. The van der Waals surface area contributed by atoms with Crippen molar-refractivity contribution in [3.05, 3.63) is 48.7 Å². The van der Waals surface area contributed by atoms with E-state index in [9.17, 15) is 8.42 Å². The Labute approximate surface area is 164 Å². The fraction of sp³-hybridized carbons (Fsp3) is 0.316. The number of anilines is 2. The Morgan fingerprint density at radius 1 is 0.929 bits per heavy atom. The average molecular weight is 398 g/mol. The van der Waals surface area contributed by atoms with E-state index in [2.05, 4.69) is 20.1 Å². The van der Waals surface area contributed by atoms with Crippen LogP contribution < -0.4 is 9.80 Å². The van der Waals surface area contributed by atoms with Crippen molar-refractivity contribution in [2.75, 3.05) is 50.1 Å². The Morgan fingerprint density at radius 2 is 1.68 bits per heavy atom. The Balaban J connectivity index is 1.52. The van der Waals surface area contributed by atoms with Crippen LogP contribution in [0.25, 0.3) is 10.9 Å². The van der Waals surface area contributed by atoms with E-state index in [1.54, 1.807) is 24.4 Å².